The average molecular weight is 310 g/mol. The van der Waals surface area contributed by atoms with Gasteiger partial charge in [-0.05, 0) is 49.6 Å². The third-order valence-corrected chi connectivity index (χ3v) is 3.86. The van der Waals surface area contributed by atoms with E-state index in [1.54, 1.807) is 6.92 Å². The summed E-state index contributed by atoms with van der Waals surface area (Å²) < 4.78 is 1.03. The summed E-state index contributed by atoms with van der Waals surface area (Å²) in [4.78, 5) is 11.9. The fourth-order valence-electron chi connectivity index (χ4n) is 2.18. The molecule has 0 saturated carbocycles. The number of rotatable bonds is 3. The first-order valence-electron chi connectivity index (χ1n) is 7.05. The van der Waals surface area contributed by atoms with Crippen molar-refractivity contribution >= 4 is 11.9 Å². The van der Waals surface area contributed by atoms with E-state index in [4.69, 9.17) is 5.26 Å². The summed E-state index contributed by atoms with van der Waals surface area (Å²) >= 11 is 0. The molecule has 6 nitrogen and oxygen atoms in total. The zero-order valence-electron chi connectivity index (χ0n) is 13.5. The molecule has 0 bridgehead atoms. The molecular weight excluding hydrogens is 292 g/mol. The standard InChI is InChI=1S/C17H18N4O2/c1-10-5-6-13(7-11(10)2)20-19-9-15-12(3)14(8-18)16(22)21(4)17(15)23/h5-7,9,20,23H,1-4H3. The molecule has 2 aromatic rings. The summed E-state index contributed by atoms with van der Waals surface area (Å²) in [5.74, 6) is -0.225. The van der Waals surface area contributed by atoms with Gasteiger partial charge in [0, 0.05) is 7.05 Å². The molecule has 23 heavy (non-hydrogen) atoms. The molecule has 1 aromatic heterocycles. The van der Waals surface area contributed by atoms with E-state index in [1.807, 2.05) is 38.1 Å². The number of nitriles is 1. The van der Waals surface area contributed by atoms with Crippen LogP contribution in [0.25, 0.3) is 0 Å². The minimum absolute atomic E-state index is 0.00192. The number of hydrogen-bond acceptors (Lipinski definition) is 5. The summed E-state index contributed by atoms with van der Waals surface area (Å²) in [6, 6.07) is 7.71. The molecule has 6 heteroatoms. The maximum Gasteiger partial charge on any atom is 0.271 e. The van der Waals surface area contributed by atoms with E-state index in [9.17, 15) is 9.90 Å². The molecular formula is C17H18N4O2. The first kappa shape index (κ1) is 16.3. The number of hydrazone groups is 1. The average Bonchev–Trinajstić information content (AvgIpc) is 2.52. The van der Waals surface area contributed by atoms with Crippen LogP contribution in [0, 0.1) is 32.1 Å². The quantitative estimate of drug-likeness (QED) is 0.672. The third-order valence-electron chi connectivity index (χ3n) is 3.86. The molecule has 0 aliphatic carbocycles. The number of aromatic hydroxyl groups is 1. The maximum atomic E-state index is 11.9. The zero-order valence-corrected chi connectivity index (χ0v) is 13.5. The van der Waals surface area contributed by atoms with E-state index in [0.29, 0.717) is 11.1 Å². The first-order valence-corrected chi connectivity index (χ1v) is 7.05. The molecule has 2 rings (SSSR count). The van der Waals surface area contributed by atoms with Crippen molar-refractivity contribution in [2.75, 3.05) is 5.43 Å². The number of nitrogens with zero attached hydrogens (tertiary/aromatic N) is 3. The van der Waals surface area contributed by atoms with Gasteiger partial charge in [0.1, 0.15) is 11.6 Å². The fraction of sp³-hybridized carbons (Fsp3) is 0.235. The van der Waals surface area contributed by atoms with Crippen LogP contribution in [-0.4, -0.2) is 15.9 Å². The minimum atomic E-state index is -0.526. The number of benzene rings is 1. The van der Waals surface area contributed by atoms with Gasteiger partial charge >= 0.3 is 0 Å². The lowest BCUT2D eigenvalue weighted by Crippen LogP contribution is -2.22. The highest BCUT2D eigenvalue weighted by Crippen LogP contribution is 2.19. The van der Waals surface area contributed by atoms with Crippen LogP contribution in [-0.2, 0) is 7.05 Å². The Morgan fingerprint density at radius 1 is 1.30 bits per heavy atom. The van der Waals surface area contributed by atoms with E-state index in [0.717, 1.165) is 15.8 Å². The maximum absolute atomic E-state index is 11.9. The number of anilines is 1. The summed E-state index contributed by atoms with van der Waals surface area (Å²) in [7, 11) is 1.41. The van der Waals surface area contributed by atoms with Gasteiger partial charge in [-0.2, -0.15) is 10.4 Å². The van der Waals surface area contributed by atoms with Gasteiger partial charge in [-0.1, -0.05) is 6.07 Å². The van der Waals surface area contributed by atoms with Crippen LogP contribution in [0.5, 0.6) is 5.88 Å². The molecule has 0 aliphatic heterocycles. The van der Waals surface area contributed by atoms with E-state index < -0.39 is 5.56 Å². The summed E-state index contributed by atoms with van der Waals surface area (Å²) in [5, 5.41) is 23.3. The van der Waals surface area contributed by atoms with Crippen molar-refractivity contribution in [3.05, 3.63) is 56.4 Å². The van der Waals surface area contributed by atoms with E-state index in [-0.39, 0.29) is 11.4 Å². The Kier molecular flexibility index (Phi) is 4.51. The molecule has 2 N–H and O–H groups in total. The lowest BCUT2D eigenvalue weighted by molar-refractivity contribution is 0.421. The highest BCUT2D eigenvalue weighted by atomic mass is 16.3. The van der Waals surface area contributed by atoms with Gasteiger partial charge in [0.25, 0.3) is 5.56 Å². The monoisotopic (exact) mass is 310 g/mol. The lowest BCUT2D eigenvalue weighted by atomic mass is 10.1. The molecule has 0 spiro atoms. The van der Waals surface area contributed by atoms with Crippen molar-refractivity contribution in [3.63, 3.8) is 0 Å². The SMILES string of the molecule is Cc1ccc(NN=Cc2c(C)c(C#N)c(=O)n(C)c2O)cc1C. The topological polar surface area (TPSA) is 90.4 Å². The molecule has 1 heterocycles. The second kappa shape index (κ2) is 6.36. The Morgan fingerprint density at radius 2 is 2.00 bits per heavy atom. The first-order chi connectivity index (χ1) is 10.9. The number of nitrogens with one attached hydrogen (secondary N) is 1. The molecule has 0 atom stereocenters. The van der Waals surface area contributed by atoms with Crippen molar-refractivity contribution in [2.24, 2.45) is 12.1 Å². The number of hydrogen-bond donors (Lipinski definition) is 2. The number of aryl methyl sites for hydroxylation is 2. The highest BCUT2D eigenvalue weighted by molar-refractivity contribution is 5.86. The van der Waals surface area contributed by atoms with Crippen LogP contribution in [0.1, 0.15) is 27.8 Å². The molecule has 0 amide bonds. The van der Waals surface area contributed by atoms with Crippen molar-refractivity contribution < 1.29 is 5.11 Å². The second-order valence-corrected chi connectivity index (χ2v) is 5.38. The van der Waals surface area contributed by atoms with Crippen molar-refractivity contribution in [1.29, 1.82) is 5.26 Å². The fourth-order valence-corrected chi connectivity index (χ4v) is 2.18. The Bertz CT molecular complexity index is 889. The summed E-state index contributed by atoms with van der Waals surface area (Å²) in [6.45, 7) is 5.64. The normalized spacial score (nSPS) is 10.7. The Hall–Kier alpha value is -3.07. The lowest BCUT2D eigenvalue weighted by Gasteiger charge is -2.10. The molecule has 0 unspecified atom stereocenters. The number of pyridine rings is 1. The van der Waals surface area contributed by atoms with Gasteiger partial charge in [-0.3, -0.25) is 14.8 Å². The van der Waals surface area contributed by atoms with Crippen LogP contribution in [0.4, 0.5) is 5.69 Å². The van der Waals surface area contributed by atoms with Gasteiger partial charge < -0.3 is 5.11 Å². The smallest absolute Gasteiger partial charge is 0.271 e. The van der Waals surface area contributed by atoms with Gasteiger partial charge in [0.05, 0.1) is 17.5 Å². The van der Waals surface area contributed by atoms with Crippen molar-refractivity contribution in [1.82, 2.24) is 4.57 Å². The number of aromatic nitrogens is 1. The Balaban J connectivity index is 2.36. The van der Waals surface area contributed by atoms with Crippen LogP contribution >= 0.6 is 0 Å². The highest BCUT2D eigenvalue weighted by Gasteiger charge is 2.15. The molecule has 0 saturated heterocycles. The molecule has 118 valence electrons. The molecule has 1 aromatic carbocycles. The van der Waals surface area contributed by atoms with E-state index in [1.165, 1.54) is 18.8 Å². The third kappa shape index (κ3) is 3.09. The minimum Gasteiger partial charge on any atom is -0.494 e. The van der Waals surface area contributed by atoms with Crippen LogP contribution in [0.2, 0.25) is 0 Å². The predicted octanol–water partition coefficient (Wildman–Crippen LogP) is 2.33. The van der Waals surface area contributed by atoms with Crippen LogP contribution < -0.4 is 11.0 Å². The Morgan fingerprint density at radius 3 is 2.61 bits per heavy atom. The predicted molar refractivity (Wildman–Crippen MR) is 89.9 cm³/mol. The van der Waals surface area contributed by atoms with Gasteiger partial charge in [0.15, 0.2) is 0 Å². The molecule has 0 aliphatic rings. The summed E-state index contributed by atoms with van der Waals surface area (Å²) in [5.41, 5.74) is 6.22. The van der Waals surface area contributed by atoms with Gasteiger partial charge in [0.2, 0.25) is 5.88 Å². The Labute approximate surface area is 134 Å². The molecule has 0 fully saturated rings. The van der Waals surface area contributed by atoms with E-state index in [2.05, 4.69) is 10.5 Å². The van der Waals surface area contributed by atoms with E-state index >= 15 is 0 Å². The largest absolute Gasteiger partial charge is 0.494 e. The molecule has 0 radical (unpaired) electrons. The second-order valence-electron chi connectivity index (χ2n) is 5.38. The summed E-state index contributed by atoms with van der Waals surface area (Å²) in [6.07, 6.45) is 1.40. The zero-order chi connectivity index (χ0) is 17.1. The van der Waals surface area contributed by atoms with Gasteiger partial charge in [-0.15, -0.1) is 0 Å². The van der Waals surface area contributed by atoms with Crippen molar-refractivity contribution in [2.45, 2.75) is 20.8 Å². The van der Waals surface area contributed by atoms with Crippen LogP contribution in [0.3, 0.4) is 0 Å². The van der Waals surface area contributed by atoms with Gasteiger partial charge in [-0.25, -0.2) is 0 Å². The van der Waals surface area contributed by atoms with Crippen molar-refractivity contribution in [3.8, 4) is 11.9 Å². The van der Waals surface area contributed by atoms with Crippen LogP contribution in [0.15, 0.2) is 28.1 Å².